The Morgan fingerprint density at radius 1 is 1.33 bits per heavy atom. The number of aromatic nitrogens is 1. The van der Waals surface area contributed by atoms with E-state index in [0.717, 1.165) is 11.1 Å². The minimum atomic E-state index is -0.0318. The summed E-state index contributed by atoms with van der Waals surface area (Å²) in [7, 11) is 0. The van der Waals surface area contributed by atoms with Crippen molar-refractivity contribution >= 4 is 11.6 Å². The van der Waals surface area contributed by atoms with Gasteiger partial charge < -0.3 is 10.5 Å². The first-order valence-electron chi connectivity index (χ1n) is 5.74. The van der Waals surface area contributed by atoms with Gasteiger partial charge in [0, 0.05) is 28.9 Å². The maximum atomic E-state index is 6.05. The molecule has 2 aromatic rings. The van der Waals surface area contributed by atoms with Gasteiger partial charge in [-0.3, -0.25) is 0 Å². The summed E-state index contributed by atoms with van der Waals surface area (Å²) >= 11 is 6.05. The second-order valence-corrected chi connectivity index (χ2v) is 4.50. The van der Waals surface area contributed by atoms with Crippen LogP contribution in [0.2, 0.25) is 5.02 Å². The number of hydrogen-bond acceptors (Lipinski definition) is 3. The van der Waals surface area contributed by atoms with Gasteiger partial charge in [0.2, 0.25) is 5.88 Å². The summed E-state index contributed by atoms with van der Waals surface area (Å²) in [6.07, 6.45) is 1.70. The molecule has 0 bridgehead atoms. The quantitative estimate of drug-likeness (QED) is 0.919. The lowest BCUT2D eigenvalue weighted by Gasteiger charge is -2.09. The van der Waals surface area contributed by atoms with Gasteiger partial charge in [0.1, 0.15) is 6.61 Å². The van der Waals surface area contributed by atoms with Gasteiger partial charge in [0.25, 0.3) is 0 Å². The largest absolute Gasteiger partial charge is 0.473 e. The van der Waals surface area contributed by atoms with Crippen LogP contribution >= 0.6 is 11.6 Å². The molecular weight excluding hydrogens is 248 g/mol. The van der Waals surface area contributed by atoms with Gasteiger partial charge in [-0.15, -0.1) is 0 Å². The van der Waals surface area contributed by atoms with Gasteiger partial charge in [-0.2, -0.15) is 0 Å². The number of nitrogens with two attached hydrogens (primary N) is 1. The van der Waals surface area contributed by atoms with Gasteiger partial charge >= 0.3 is 0 Å². The van der Waals surface area contributed by atoms with E-state index < -0.39 is 0 Å². The molecule has 1 heterocycles. The van der Waals surface area contributed by atoms with Crippen molar-refractivity contribution in [3.05, 3.63) is 58.7 Å². The molecule has 0 saturated heterocycles. The molecule has 2 N–H and O–H groups in total. The molecule has 1 atom stereocenters. The summed E-state index contributed by atoms with van der Waals surface area (Å²) in [4.78, 5) is 4.15. The van der Waals surface area contributed by atoms with E-state index in [1.54, 1.807) is 6.20 Å². The van der Waals surface area contributed by atoms with Crippen molar-refractivity contribution in [1.29, 1.82) is 0 Å². The molecule has 1 aromatic carbocycles. The van der Waals surface area contributed by atoms with Crippen molar-refractivity contribution in [2.24, 2.45) is 5.73 Å². The molecule has 94 valence electrons. The smallest absolute Gasteiger partial charge is 0.213 e. The summed E-state index contributed by atoms with van der Waals surface area (Å²) in [5.74, 6) is 0.560. The Balaban J connectivity index is 2.07. The van der Waals surface area contributed by atoms with Crippen LogP contribution in [0.4, 0.5) is 0 Å². The topological polar surface area (TPSA) is 48.1 Å². The van der Waals surface area contributed by atoms with E-state index in [9.17, 15) is 0 Å². The molecule has 0 aliphatic rings. The van der Waals surface area contributed by atoms with Crippen molar-refractivity contribution in [2.75, 3.05) is 0 Å². The molecule has 3 nitrogen and oxygen atoms in total. The van der Waals surface area contributed by atoms with Crippen LogP contribution in [0.5, 0.6) is 5.88 Å². The van der Waals surface area contributed by atoms with Gasteiger partial charge in [0.05, 0.1) is 0 Å². The van der Waals surface area contributed by atoms with Crippen molar-refractivity contribution in [3.63, 3.8) is 0 Å². The second kappa shape index (κ2) is 5.85. The monoisotopic (exact) mass is 262 g/mol. The third-order valence-corrected chi connectivity index (χ3v) is 2.99. The zero-order valence-corrected chi connectivity index (χ0v) is 10.9. The highest BCUT2D eigenvalue weighted by atomic mass is 35.5. The summed E-state index contributed by atoms with van der Waals surface area (Å²) in [6, 6.07) is 11.3. The summed E-state index contributed by atoms with van der Waals surface area (Å²) in [5.41, 5.74) is 7.75. The van der Waals surface area contributed by atoms with Gasteiger partial charge in [-0.05, 0) is 24.6 Å². The van der Waals surface area contributed by atoms with E-state index >= 15 is 0 Å². The Morgan fingerprint density at radius 3 is 2.83 bits per heavy atom. The van der Waals surface area contributed by atoms with Crippen LogP contribution in [0, 0.1) is 0 Å². The first-order chi connectivity index (χ1) is 8.66. The van der Waals surface area contributed by atoms with E-state index in [0.29, 0.717) is 17.5 Å². The summed E-state index contributed by atoms with van der Waals surface area (Å²) in [6.45, 7) is 2.32. The average molecular weight is 263 g/mol. The van der Waals surface area contributed by atoms with Crippen molar-refractivity contribution in [2.45, 2.75) is 19.6 Å². The van der Waals surface area contributed by atoms with E-state index in [-0.39, 0.29) is 6.04 Å². The standard InChI is InChI=1S/C14H15ClN2O/c1-10(16)11-6-7-17-14(8-11)18-9-12-4-2-3-5-13(12)15/h2-8,10H,9,16H2,1H3. The normalized spacial score (nSPS) is 12.2. The molecule has 0 radical (unpaired) electrons. The third-order valence-electron chi connectivity index (χ3n) is 2.62. The average Bonchev–Trinajstić information content (AvgIpc) is 2.38. The lowest BCUT2D eigenvalue weighted by Crippen LogP contribution is -2.06. The maximum Gasteiger partial charge on any atom is 0.213 e. The first-order valence-corrected chi connectivity index (χ1v) is 6.12. The Hall–Kier alpha value is -1.58. The molecule has 0 saturated carbocycles. The fourth-order valence-electron chi connectivity index (χ4n) is 1.55. The van der Waals surface area contributed by atoms with Crippen LogP contribution in [0.25, 0.3) is 0 Å². The predicted octanol–water partition coefficient (Wildman–Crippen LogP) is 3.33. The zero-order chi connectivity index (χ0) is 13.0. The van der Waals surface area contributed by atoms with Crippen LogP contribution in [0.3, 0.4) is 0 Å². The fourth-order valence-corrected chi connectivity index (χ4v) is 1.74. The first kappa shape index (κ1) is 12.9. The molecule has 1 unspecified atom stereocenters. The molecule has 0 aliphatic carbocycles. The minimum Gasteiger partial charge on any atom is -0.473 e. The molecule has 4 heteroatoms. The second-order valence-electron chi connectivity index (χ2n) is 4.10. The number of halogens is 1. The Labute approximate surface area is 112 Å². The van der Waals surface area contributed by atoms with Crippen molar-refractivity contribution < 1.29 is 4.74 Å². The van der Waals surface area contributed by atoms with E-state index in [1.807, 2.05) is 43.3 Å². The molecule has 0 amide bonds. The van der Waals surface area contributed by atoms with Gasteiger partial charge in [0.15, 0.2) is 0 Å². The van der Waals surface area contributed by atoms with Crippen LogP contribution in [0.15, 0.2) is 42.6 Å². The number of nitrogens with zero attached hydrogens (tertiary/aromatic N) is 1. The van der Waals surface area contributed by atoms with Gasteiger partial charge in [-0.25, -0.2) is 4.98 Å². The third kappa shape index (κ3) is 3.22. The maximum absolute atomic E-state index is 6.05. The molecule has 0 fully saturated rings. The number of pyridine rings is 1. The highest BCUT2D eigenvalue weighted by molar-refractivity contribution is 6.31. The number of hydrogen-bond donors (Lipinski definition) is 1. The number of rotatable bonds is 4. The van der Waals surface area contributed by atoms with E-state index in [1.165, 1.54) is 0 Å². The number of benzene rings is 1. The van der Waals surface area contributed by atoms with Crippen LogP contribution in [-0.2, 0) is 6.61 Å². The molecule has 18 heavy (non-hydrogen) atoms. The molecular formula is C14H15ClN2O. The van der Waals surface area contributed by atoms with Crippen molar-refractivity contribution in [3.8, 4) is 5.88 Å². The molecule has 0 spiro atoms. The predicted molar refractivity (Wildman–Crippen MR) is 72.6 cm³/mol. The molecule has 0 aliphatic heterocycles. The van der Waals surface area contributed by atoms with Crippen LogP contribution in [0.1, 0.15) is 24.1 Å². The highest BCUT2D eigenvalue weighted by Crippen LogP contribution is 2.19. The van der Waals surface area contributed by atoms with E-state index in [4.69, 9.17) is 22.1 Å². The minimum absolute atomic E-state index is 0.0318. The van der Waals surface area contributed by atoms with Crippen LogP contribution < -0.4 is 10.5 Å². The Bertz CT molecular complexity index is 529. The fraction of sp³-hybridized carbons (Fsp3) is 0.214. The zero-order valence-electron chi connectivity index (χ0n) is 10.1. The summed E-state index contributed by atoms with van der Waals surface area (Å²) < 4.78 is 5.61. The SMILES string of the molecule is CC(N)c1ccnc(OCc2ccccc2Cl)c1. The van der Waals surface area contributed by atoms with Gasteiger partial charge in [-0.1, -0.05) is 29.8 Å². The Morgan fingerprint density at radius 2 is 2.11 bits per heavy atom. The van der Waals surface area contributed by atoms with Crippen LogP contribution in [-0.4, -0.2) is 4.98 Å². The molecule has 1 aromatic heterocycles. The Kier molecular flexibility index (Phi) is 4.18. The highest BCUT2D eigenvalue weighted by Gasteiger charge is 2.04. The number of ether oxygens (including phenoxy) is 1. The van der Waals surface area contributed by atoms with E-state index in [2.05, 4.69) is 4.98 Å². The molecule has 2 rings (SSSR count). The lowest BCUT2D eigenvalue weighted by molar-refractivity contribution is 0.293. The summed E-state index contributed by atoms with van der Waals surface area (Å²) in [5, 5.41) is 0.695. The van der Waals surface area contributed by atoms with Crippen molar-refractivity contribution in [1.82, 2.24) is 4.98 Å². The lowest BCUT2D eigenvalue weighted by atomic mass is 10.1.